The summed E-state index contributed by atoms with van der Waals surface area (Å²) in [6.45, 7) is 0. The van der Waals surface area contributed by atoms with E-state index in [0.717, 1.165) is 5.56 Å². The highest BCUT2D eigenvalue weighted by Gasteiger charge is 2.31. The van der Waals surface area contributed by atoms with Gasteiger partial charge in [-0.1, -0.05) is 46.4 Å². The maximum Gasteiger partial charge on any atom is 0.251 e. The van der Waals surface area contributed by atoms with Crippen molar-refractivity contribution < 1.29 is 4.79 Å². The Bertz CT molecular complexity index is 725. The summed E-state index contributed by atoms with van der Waals surface area (Å²) in [7, 11) is 0. The minimum atomic E-state index is -0.616. The van der Waals surface area contributed by atoms with Gasteiger partial charge in [-0.25, -0.2) is 0 Å². The van der Waals surface area contributed by atoms with Crippen LogP contribution in [0.3, 0.4) is 0 Å². The average Bonchev–Trinajstić information content (AvgIpc) is 2.69. The molecular formula is C14H8Cl4N2O. The highest BCUT2D eigenvalue weighted by Crippen LogP contribution is 2.40. The zero-order chi connectivity index (χ0) is 15.1. The molecule has 0 saturated heterocycles. The van der Waals surface area contributed by atoms with Crippen molar-refractivity contribution in [1.29, 1.82) is 0 Å². The van der Waals surface area contributed by atoms with E-state index in [4.69, 9.17) is 46.4 Å². The fourth-order valence-electron chi connectivity index (χ4n) is 2.20. The van der Waals surface area contributed by atoms with Crippen LogP contribution in [0.4, 0.5) is 11.4 Å². The maximum absolute atomic E-state index is 12.1. The zero-order valence-corrected chi connectivity index (χ0v) is 13.4. The summed E-state index contributed by atoms with van der Waals surface area (Å²) in [6.07, 6.45) is 0. The summed E-state index contributed by atoms with van der Waals surface area (Å²) in [4.78, 5) is 12.1. The van der Waals surface area contributed by atoms with Gasteiger partial charge in [0, 0.05) is 21.3 Å². The molecule has 2 N–H and O–H groups in total. The first kappa shape index (κ1) is 14.8. The third-order valence-corrected chi connectivity index (χ3v) is 4.19. The van der Waals surface area contributed by atoms with E-state index in [9.17, 15) is 4.79 Å². The quantitative estimate of drug-likeness (QED) is 0.751. The Morgan fingerprint density at radius 3 is 2.29 bits per heavy atom. The third kappa shape index (κ3) is 2.79. The van der Waals surface area contributed by atoms with Gasteiger partial charge in [0.2, 0.25) is 0 Å². The van der Waals surface area contributed by atoms with E-state index in [1.807, 2.05) is 0 Å². The summed E-state index contributed by atoms with van der Waals surface area (Å²) in [6, 6.07) is 7.69. The molecule has 0 aromatic heterocycles. The topological polar surface area (TPSA) is 41.1 Å². The molecule has 2 aromatic rings. The molecule has 0 bridgehead atoms. The number of hydrogen-bond donors (Lipinski definition) is 2. The Hall–Kier alpha value is -1.13. The van der Waals surface area contributed by atoms with Crippen LogP contribution in [0.2, 0.25) is 20.1 Å². The monoisotopic (exact) mass is 360 g/mol. The van der Waals surface area contributed by atoms with Gasteiger partial charge in [0.05, 0.1) is 15.7 Å². The minimum absolute atomic E-state index is 0.200. The van der Waals surface area contributed by atoms with Gasteiger partial charge >= 0.3 is 0 Å². The van der Waals surface area contributed by atoms with Gasteiger partial charge in [0.15, 0.2) is 0 Å². The number of benzene rings is 2. The lowest BCUT2D eigenvalue weighted by molar-refractivity contribution is -0.116. The van der Waals surface area contributed by atoms with Crippen molar-refractivity contribution in [2.45, 2.75) is 6.04 Å². The molecule has 0 saturated carbocycles. The van der Waals surface area contributed by atoms with Crippen LogP contribution < -0.4 is 10.6 Å². The fraction of sp³-hybridized carbons (Fsp3) is 0.0714. The summed E-state index contributed by atoms with van der Waals surface area (Å²) in [5, 5.41) is 7.48. The van der Waals surface area contributed by atoms with E-state index in [2.05, 4.69) is 10.6 Å². The van der Waals surface area contributed by atoms with Gasteiger partial charge in [-0.2, -0.15) is 0 Å². The summed E-state index contributed by atoms with van der Waals surface area (Å²) in [5.74, 6) is -0.200. The minimum Gasteiger partial charge on any atom is -0.368 e. The lowest BCUT2D eigenvalue weighted by Crippen LogP contribution is -2.20. The van der Waals surface area contributed by atoms with Crippen LogP contribution in [-0.2, 0) is 4.79 Å². The van der Waals surface area contributed by atoms with Crippen molar-refractivity contribution in [2.75, 3.05) is 10.6 Å². The molecule has 108 valence electrons. The summed E-state index contributed by atoms with van der Waals surface area (Å²) >= 11 is 24.1. The molecule has 21 heavy (non-hydrogen) atoms. The molecule has 1 heterocycles. The van der Waals surface area contributed by atoms with Crippen molar-refractivity contribution in [2.24, 2.45) is 0 Å². The molecule has 1 atom stereocenters. The van der Waals surface area contributed by atoms with Crippen molar-refractivity contribution in [3.63, 3.8) is 0 Å². The highest BCUT2D eigenvalue weighted by molar-refractivity contribution is 6.41. The Kier molecular flexibility index (Phi) is 3.93. The predicted molar refractivity (Wildman–Crippen MR) is 87.9 cm³/mol. The molecule has 1 amide bonds. The second-order valence-corrected chi connectivity index (χ2v) is 6.23. The number of carbonyl (C=O) groups excluding carboxylic acids is 1. The van der Waals surface area contributed by atoms with Gasteiger partial charge in [-0.05, 0) is 30.3 Å². The van der Waals surface area contributed by atoms with Crippen molar-refractivity contribution in [1.82, 2.24) is 0 Å². The molecule has 1 aliphatic heterocycles. The molecule has 3 rings (SSSR count). The molecule has 2 aromatic carbocycles. The maximum atomic E-state index is 12.1. The van der Waals surface area contributed by atoms with Crippen LogP contribution >= 0.6 is 46.4 Å². The smallest absolute Gasteiger partial charge is 0.251 e. The van der Waals surface area contributed by atoms with Gasteiger partial charge in [0.1, 0.15) is 6.04 Å². The van der Waals surface area contributed by atoms with Gasteiger partial charge in [-0.3, -0.25) is 4.79 Å². The van der Waals surface area contributed by atoms with Crippen LogP contribution in [0.15, 0.2) is 30.3 Å². The lowest BCUT2D eigenvalue weighted by atomic mass is 10.1. The van der Waals surface area contributed by atoms with E-state index >= 15 is 0 Å². The standard InChI is InChI=1S/C14H8Cl4N2O/c15-6-1-2-11-8(3-6)12(14(21)19-11)20-13-9(17)4-7(16)5-10(13)18/h1-5,12,20H,(H,19,21). The van der Waals surface area contributed by atoms with Crippen LogP contribution in [0.25, 0.3) is 0 Å². The Balaban J connectivity index is 2.00. The number of nitrogens with one attached hydrogen (secondary N) is 2. The number of carbonyl (C=O) groups is 1. The molecule has 3 nitrogen and oxygen atoms in total. The Morgan fingerprint density at radius 2 is 1.62 bits per heavy atom. The predicted octanol–water partition coefficient (Wildman–Crippen LogP) is 5.41. The van der Waals surface area contributed by atoms with Crippen LogP contribution in [-0.4, -0.2) is 5.91 Å². The highest BCUT2D eigenvalue weighted by atomic mass is 35.5. The number of anilines is 2. The molecule has 0 spiro atoms. The molecular weight excluding hydrogens is 354 g/mol. The van der Waals surface area contributed by atoms with Gasteiger partial charge < -0.3 is 10.6 Å². The number of fused-ring (bicyclic) bond motifs is 1. The Labute approximate surface area is 141 Å². The second-order valence-electron chi connectivity index (χ2n) is 4.54. The first-order chi connectivity index (χ1) is 9.95. The van der Waals surface area contributed by atoms with Crippen LogP contribution in [0, 0.1) is 0 Å². The number of halogens is 4. The van der Waals surface area contributed by atoms with Gasteiger partial charge in [0.25, 0.3) is 5.91 Å². The molecule has 7 heteroatoms. The molecule has 1 unspecified atom stereocenters. The summed E-state index contributed by atoms with van der Waals surface area (Å²) in [5.41, 5.74) is 1.91. The average molecular weight is 362 g/mol. The summed E-state index contributed by atoms with van der Waals surface area (Å²) < 4.78 is 0. The van der Waals surface area contributed by atoms with E-state index in [1.54, 1.807) is 30.3 Å². The number of rotatable bonds is 2. The number of hydrogen-bond acceptors (Lipinski definition) is 2. The van der Waals surface area contributed by atoms with Gasteiger partial charge in [-0.15, -0.1) is 0 Å². The van der Waals surface area contributed by atoms with Crippen molar-refractivity contribution >= 4 is 63.7 Å². The van der Waals surface area contributed by atoms with Crippen LogP contribution in [0.5, 0.6) is 0 Å². The molecule has 0 aliphatic carbocycles. The SMILES string of the molecule is O=C1Nc2ccc(Cl)cc2C1Nc1c(Cl)cc(Cl)cc1Cl. The van der Waals surface area contributed by atoms with E-state index in [1.165, 1.54) is 0 Å². The molecule has 0 fully saturated rings. The Morgan fingerprint density at radius 1 is 0.952 bits per heavy atom. The van der Waals surface area contributed by atoms with E-state index < -0.39 is 6.04 Å². The molecule has 0 radical (unpaired) electrons. The van der Waals surface area contributed by atoms with Crippen molar-refractivity contribution in [3.05, 3.63) is 56.0 Å². The first-order valence-electron chi connectivity index (χ1n) is 5.97. The normalized spacial score (nSPS) is 16.6. The third-order valence-electron chi connectivity index (χ3n) is 3.14. The van der Waals surface area contributed by atoms with Crippen LogP contribution in [0.1, 0.15) is 11.6 Å². The molecule has 1 aliphatic rings. The fourth-order valence-corrected chi connectivity index (χ4v) is 3.31. The largest absolute Gasteiger partial charge is 0.368 e. The van der Waals surface area contributed by atoms with Crippen molar-refractivity contribution in [3.8, 4) is 0 Å². The van der Waals surface area contributed by atoms with E-state index in [0.29, 0.717) is 31.5 Å². The lowest BCUT2D eigenvalue weighted by Gasteiger charge is -2.16. The zero-order valence-electron chi connectivity index (χ0n) is 10.4. The number of amides is 1. The second kappa shape index (κ2) is 5.58. The van der Waals surface area contributed by atoms with E-state index in [-0.39, 0.29) is 5.91 Å². The first-order valence-corrected chi connectivity index (χ1v) is 7.48.